The molecule has 34 heavy (non-hydrogen) atoms. The molecular weight excluding hydrogens is 547 g/mol. The van der Waals surface area contributed by atoms with Gasteiger partial charge in [0.2, 0.25) is 16.7 Å². The molecule has 8 atom stereocenters. The van der Waals surface area contributed by atoms with Gasteiger partial charge in [0.25, 0.3) is 0 Å². The molecule has 2 heterocycles. The zero-order chi connectivity index (χ0) is 23.7. The number of carbonyl (C=O) groups excluding carboxylic acids is 1. The van der Waals surface area contributed by atoms with Crippen molar-refractivity contribution in [2.45, 2.75) is 49.1 Å². The first-order valence-corrected chi connectivity index (χ1v) is 10.8. The van der Waals surface area contributed by atoms with Crippen LogP contribution in [0.2, 0.25) is 0 Å². The number of nitrogens with one attached hydrogen (secondary N) is 1. The van der Waals surface area contributed by atoms with Gasteiger partial charge < -0.3 is 53.6 Å². The molecule has 0 spiro atoms. The minimum atomic E-state index is -5.52. The molecule has 22 heteroatoms. The second-order valence-electron chi connectivity index (χ2n) is 6.20. The maximum atomic E-state index is 11.0. The summed E-state index contributed by atoms with van der Waals surface area (Å²) in [6.45, 7) is -1.01. The van der Waals surface area contributed by atoms with E-state index in [2.05, 4.69) is 4.18 Å². The van der Waals surface area contributed by atoms with Crippen molar-refractivity contribution in [1.82, 2.24) is 4.72 Å². The SMILES string of the molecule is O=C([O-])C1=C[C@H](O)[C@@H](OS(=O)(=O)[O-])[C@H](O[C@H]2[C@H](O)[C@@H](NS(=O)(=O)[O-])C(O)O[C@@H]2CO)O1.[Na+].[Na+].[Na+]. The molecule has 1 fully saturated rings. The molecule has 0 saturated carbocycles. The van der Waals surface area contributed by atoms with Crippen LogP contribution in [0, 0.1) is 0 Å². The minimum Gasteiger partial charge on any atom is -0.735 e. The maximum absolute atomic E-state index is 11.0. The number of hydrogen-bond acceptors (Lipinski definition) is 16. The molecule has 17 nitrogen and oxygen atoms in total. The van der Waals surface area contributed by atoms with Crippen LogP contribution in [0.1, 0.15) is 0 Å². The van der Waals surface area contributed by atoms with Crippen LogP contribution in [0.4, 0.5) is 0 Å². The third kappa shape index (κ3) is 10.7. The van der Waals surface area contributed by atoms with Crippen molar-refractivity contribution < 1.29 is 163 Å². The number of rotatable bonds is 8. The molecule has 180 valence electrons. The number of aliphatic carboxylic acids is 1. The number of aliphatic hydroxyl groups excluding tert-OH is 4. The predicted molar refractivity (Wildman–Crippen MR) is 84.0 cm³/mol. The third-order valence-electron chi connectivity index (χ3n) is 4.04. The standard InChI is InChI=1S/C12H19NO16S2.3Na/c14-2-5-9(7(16)6(11(19)26-5)13-30(20,21)22)28-12-8(29-31(23,24)25)3(15)1-4(27-12)10(17)18;;;/h1,3,5-9,11-16,19H,2H2,(H,17,18)(H,20,21,22)(H,23,24,25);;;/q;3*+1/p-3/t3-,5+,6+,7+,8+,9+,11?,12-;;;/m0.../s1. The van der Waals surface area contributed by atoms with Gasteiger partial charge in [0.1, 0.15) is 42.2 Å². The summed E-state index contributed by atoms with van der Waals surface area (Å²) in [7, 11) is -10.8. The van der Waals surface area contributed by atoms with Crippen molar-refractivity contribution in [2.75, 3.05) is 6.61 Å². The molecular formula is C12H16NNa3O16S2. The van der Waals surface area contributed by atoms with Crippen molar-refractivity contribution in [3.05, 3.63) is 11.8 Å². The summed E-state index contributed by atoms with van der Waals surface area (Å²) in [6, 6.07) is -2.07. The first kappa shape index (κ1) is 37.7. The number of carboxylic acid groups (broad SMARTS) is 1. The number of hydrogen-bond donors (Lipinski definition) is 5. The Labute approximate surface area is 259 Å². The van der Waals surface area contributed by atoms with Gasteiger partial charge in [-0.25, -0.2) is 21.6 Å². The normalized spacial score (nSPS) is 33.8. The van der Waals surface area contributed by atoms with Gasteiger partial charge in [0.15, 0.2) is 22.7 Å². The molecule has 1 saturated heterocycles. The van der Waals surface area contributed by atoms with E-state index in [0.717, 1.165) is 0 Å². The molecule has 0 amide bonds. The van der Waals surface area contributed by atoms with Crippen molar-refractivity contribution in [2.24, 2.45) is 0 Å². The van der Waals surface area contributed by atoms with Gasteiger partial charge in [-0.1, -0.05) is 0 Å². The Bertz CT molecular complexity index is 916. The molecule has 5 N–H and O–H groups in total. The Hall–Kier alpha value is 1.51. The van der Waals surface area contributed by atoms with Crippen molar-refractivity contribution >= 4 is 26.7 Å². The number of ether oxygens (including phenoxy) is 3. The van der Waals surface area contributed by atoms with Gasteiger partial charge in [-0.15, -0.1) is 0 Å². The molecule has 0 aromatic heterocycles. The summed E-state index contributed by atoms with van der Waals surface area (Å²) in [4.78, 5) is 11.0. The monoisotopic (exact) mass is 563 g/mol. The predicted octanol–water partition coefficient (Wildman–Crippen LogP) is -15.9. The van der Waals surface area contributed by atoms with Gasteiger partial charge in [0, 0.05) is 0 Å². The molecule has 0 bridgehead atoms. The number of carboxylic acids is 1. The fourth-order valence-electron chi connectivity index (χ4n) is 2.80. The summed E-state index contributed by atoms with van der Waals surface area (Å²) in [5.41, 5.74) is 0. The van der Waals surface area contributed by atoms with Gasteiger partial charge in [-0.3, -0.25) is 4.18 Å². The van der Waals surface area contributed by atoms with Crippen LogP contribution in [0.25, 0.3) is 0 Å². The van der Waals surface area contributed by atoms with Crippen LogP contribution >= 0.6 is 0 Å². The van der Waals surface area contributed by atoms with Gasteiger partial charge >= 0.3 is 88.7 Å². The fraction of sp³-hybridized carbons (Fsp3) is 0.750. The van der Waals surface area contributed by atoms with E-state index in [1.54, 1.807) is 0 Å². The van der Waals surface area contributed by atoms with Crippen LogP contribution in [0.3, 0.4) is 0 Å². The van der Waals surface area contributed by atoms with Gasteiger partial charge in [-0.05, 0) is 6.08 Å². The second kappa shape index (κ2) is 15.2. The van der Waals surface area contributed by atoms with Crippen LogP contribution in [0.15, 0.2) is 11.8 Å². The van der Waals surface area contributed by atoms with Crippen molar-refractivity contribution in [3.63, 3.8) is 0 Å². The summed E-state index contributed by atoms with van der Waals surface area (Å²) >= 11 is 0. The molecule has 0 aliphatic carbocycles. The maximum Gasteiger partial charge on any atom is 1.00 e. The van der Waals surface area contributed by atoms with E-state index in [0.29, 0.717) is 6.08 Å². The van der Waals surface area contributed by atoms with E-state index in [-0.39, 0.29) is 88.7 Å². The molecule has 2 rings (SSSR count). The molecule has 2 aliphatic heterocycles. The van der Waals surface area contributed by atoms with Crippen LogP contribution < -0.4 is 98.5 Å². The summed E-state index contributed by atoms with van der Waals surface area (Å²) in [5, 5.41) is 50.4. The minimum absolute atomic E-state index is 0. The average molecular weight is 563 g/mol. The fourth-order valence-corrected chi connectivity index (χ4v) is 3.87. The molecule has 0 radical (unpaired) electrons. The molecule has 0 aromatic carbocycles. The quantitative estimate of drug-likeness (QED) is 0.104. The Balaban J connectivity index is 0. The Morgan fingerprint density at radius 2 is 1.65 bits per heavy atom. The van der Waals surface area contributed by atoms with Crippen LogP contribution in [0.5, 0.6) is 0 Å². The Morgan fingerprint density at radius 3 is 2.09 bits per heavy atom. The molecule has 1 unspecified atom stereocenters. The Kier molecular flexibility index (Phi) is 16.8. The molecule has 0 aromatic rings. The number of carbonyl (C=O) groups is 1. The largest absolute Gasteiger partial charge is 1.00 e. The van der Waals surface area contributed by atoms with E-state index >= 15 is 0 Å². The number of aliphatic hydroxyl groups is 4. The first-order valence-electron chi connectivity index (χ1n) is 8.06. The Morgan fingerprint density at radius 1 is 1.09 bits per heavy atom. The van der Waals surface area contributed by atoms with E-state index in [4.69, 9.17) is 14.2 Å². The zero-order valence-corrected chi connectivity index (χ0v) is 25.5. The second-order valence-corrected chi connectivity index (χ2v) is 8.35. The third-order valence-corrected chi connectivity index (χ3v) is 5.06. The topological polar surface area (TPSA) is 284 Å². The van der Waals surface area contributed by atoms with Crippen molar-refractivity contribution in [1.29, 1.82) is 0 Å². The summed E-state index contributed by atoms with van der Waals surface area (Å²) in [5.74, 6) is -3.10. The van der Waals surface area contributed by atoms with Gasteiger partial charge in [-0.2, -0.15) is 0 Å². The molecule has 2 aliphatic rings. The van der Waals surface area contributed by atoms with Crippen LogP contribution in [-0.4, -0.2) is 108 Å². The van der Waals surface area contributed by atoms with E-state index < -0.39 is 88.2 Å². The van der Waals surface area contributed by atoms with E-state index in [9.17, 15) is 56.3 Å². The van der Waals surface area contributed by atoms with Crippen molar-refractivity contribution in [3.8, 4) is 0 Å². The van der Waals surface area contributed by atoms with E-state index in [1.165, 1.54) is 4.72 Å². The summed E-state index contributed by atoms with van der Waals surface area (Å²) < 4.78 is 85.6. The van der Waals surface area contributed by atoms with E-state index in [1.807, 2.05) is 0 Å². The smallest absolute Gasteiger partial charge is 0.735 e. The average Bonchev–Trinajstić information content (AvgIpc) is 2.61. The zero-order valence-electron chi connectivity index (χ0n) is 17.9. The first-order chi connectivity index (χ1) is 14.1. The summed E-state index contributed by atoms with van der Waals surface area (Å²) in [6.07, 6.45) is -14.2. The van der Waals surface area contributed by atoms with Gasteiger partial charge in [0.05, 0.1) is 6.61 Å². The van der Waals surface area contributed by atoms with Crippen LogP contribution in [-0.2, 0) is 43.9 Å².